The summed E-state index contributed by atoms with van der Waals surface area (Å²) in [6.45, 7) is 0. The minimum Gasteiger partial charge on any atom is -0.293 e. The van der Waals surface area contributed by atoms with Gasteiger partial charge in [-0.15, -0.1) is 11.6 Å². The lowest BCUT2D eigenvalue weighted by molar-refractivity contribution is 0.0990. The number of carbonyl (C=O) groups excluding carboxylic acids is 1. The fourth-order valence-corrected chi connectivity index (χ4v) is 2.53. The first kappa shape index (κ1) is 13.3. The van der Waals surface area contributed by atoms with E-state index in [4.69, 9.17) is 11.6 Å². The maximum atomic E-state index is 12.2. The predicted octanol–water partition coefficient (Wildman–Crippen LogP) is 4.61. The average Bonchev–Trinajstić information content (AvgIpc) is 2.47. The standard InChI is InChI=1S/C15H12BrClO/c16-13(14(17)11-7-3-1-4-8-11)15(18)12-9-5-2-6-10-12/h1-10,13-14H/t13-,14-/m1/s1. The average molecular weight is 324 g/mol. The predicted molar refractivity (Wildman–Crippen MR) is 78.5 cm³/mol. The first-order chi connectivity index (χ1) is 8.70. The molecule has 1 nitrogen and oxygen atoms in total. The molecule has 0 saturated heterocycles. The number of ketones is 1. The molecule has 0 radical (unpaired) electrons. The highest BCUT2D eigenvalue weighted by Gasteiger charge is 2.25. The Hall–Kier alpha value is -1.12. The van der Waals surface area contributed by atoms with Crippen molar-refractivity contribution < 1.29 is 4.79 Å². The quantitative estimate of drug-likeness (QED) is 0.593. The molecule has 3 heteroatoms. The summed E-state index contributed by atoms with van der Waals surface area (Å²) in [5.41, 5.74) is 1.60. The third kappa shape index (κ3) is 3.01. The van der Waals surface area contributed by atoms with Crippen LogP contribution in [-0.4, -0.2) is 10.6 Å². The van der Waals surface area contributed by atoms with Gasteiger partial charge in [-0.2, -0.15) is 0 Å². The zero-order chi connectivity index (χ0) is 13.0. The smallest absolute Gasteiger partial charge is 0.178 e. The van der Waals surface area contributed by atoms with Crippen LogP contribution in [0.1, 0.15) is 21.3 Å². The van der Waals surface area contributed by atoms with E-state index < -0.39 is 4.83 Å². The zero-order valence-electron chi connectivity index (χ0n) is 9.59. The van der Waals surface area contributed by atoms with Crippen molar-refractivity contribution in [3.05, 3.63) is 71.8 Å². The number of hydrogen-bond donors (Lipinski definition) is 0. The molecule has 0 aliphatic heterocycles. The molecular formula is C15H12BrClO. The van der Waals surface area contributed by atoms with Gasteiger partial charge < -0.3 is 0 Å². The van der Waals surface area contributed by atoms with Crippen LogP contribution in [0.5, 0.6) is 0 Å². The highest BCUT2D eigenvalue weighted by molar-refractivity contribution is 9.10. The van der Waals surface area contributed by atoms with Crippen LogP contribution in [0.25, 0.3) is 0 Å². The molecule has 18 heavy (non-hydrogen) atoms. The monoisotopic (exact) mass is 322 g/mol. The van der Waals surface area contributed by atoms with Crippen molar-refractivity contribution in [1.82, 2.24) is 0 Å². The molecule has 0 aromatic heterocycles. The van der Waals surface area contributed by atoms with Gasteiger partial charge in [0.1, 0.15) is 0 Å². The SMILES string of the molecule is O=C(c1ccccc1)[C@H](Br)[C@H](Cl)c1ccccc1. The molecule has 0 aliphatic rings. The lowest BCUT2D eigenvalue weighted by atomic mass is 10.0. The molecule has 2 rings (SSSR count). The van der Waals surface area contributed by atoms with Crippen molar-refractivity contribution in [2.24, 2.45) is 0 Å². The Bertz CT molecular complexity index is 513. The van der Waals surface area contributed by atoms with Gasteiger partial charge in [-0.1, -0.05) is 76.6 Å². The Morgan fingerprint density at radius 3 is 2.00 bits per heavy atom. The number of rotatable bonds is 4. The molecule has 2 aromatic rings. The molecule has 0 unspecified atom stereocenters. The van der Waals surface area contributed by atoms with Crippen molar-refractivity contribution in [2.45, 2.75) is 10.2 Å². The van der Waals surface area contributed by atoms with Gasteiger partial charge in [0.25, 0.3) is 0 Å². The molecule has 2 atom stereocenters. The van der Waals surface area contributed by atoms with Crippen LogP contribution < -0.4 is 0 Å². The van der Waals surface area contributed by atoms with Gasteiger partial charge in [0.05, 0.1) is 10.2 Å². The van der Waals surface area contributed by atoms with Crippen molar-refractivity contribution >= 4 is 33.3 Å². The Morgan fingerprint density at radius 1 is 0.944 bits per heavy atom. The number of halogens is 2. The van der Waals surface area contributed by atoms with E-state index in [1.165, 1.54) is 0 Å². The van der Waals surface area contributed by atoms with Crippen molar-refractivity contribution in [1.29, 1.82) is 0 Å². The van der Waals surface area contributed by atoms with Crippen LogP contribution in [-0.2, 0) is 0 Å². The zero-order valence-corrected chi connectivity index (χ0v) is 11.9. The molecule has 0 amide bonds. The summed E-state index contributed by atoms with van der Waals surface area (Å²) in [5, 5.41) is -0.376. The summed E-state index contributed by atoms with van der Waals surface area (Å²) in [5.74, 6) is -0.000506. The molecular weight excluding hydrogens is 312 g/mol. The summed E-state index contributed by atoms with van der Waals surface area (Å²) in [7, 11) is 0. The third-order valence-electron chi connectivity index (χ3n) is 2.68. The maximum absolute atomic E-state index is 12.2. The minimum absolute atomic E-state index is 0.000506. The summed E-state index contributed by atoms with van der Waals surface area (Å²) in [6, 6.07) is 18.8. The molecule has 0 saturated carbocycles. The first-order valence-electron chi connectivity index (χ1n) is 5.62. The Morgan fingerprint density at radius 2 is 1.44 bits per heavy atom. The Kier molecular flexibility index (Phi) is 4.56. The number of alkyl halides is 2. The summed E-state index contributed by atoms with van der Waals surface area (Å²) in [4.78, 5) is 11.8. The van der Waals surface area contributed by atoms with E-state index in [2.05, 4.69) is 15.9 Å². The van der Waals surface area contributed by atoms with Gasteiger partial charge in [0, 0.05) is 5.56 Å². The van der Waals surface area contributed by atoms with E-state index in [9.17, 15) is 4.79 Å². The van der Waals surface area contributed by atoms with Crippen LogP contribution in [0.4, 0.5) is 0 Å². The summed E-state index contributed by atoms with van der Waals surface area (Å²) in [6.07, 6.45) is 0. The molecule has 2 aromatic carbocycles. The largest absolute Gasteiger partial charge is 0.293 e. The number of benzene rings is 2. The normalized spacial score (nSPS) is 13.9. The highest BCUT2D eigenvalue weighted by Crippen LogP contribution is 2.31. The first-order valence-corrected chi connectivity index (χ1v) is 6.97. The third-order valence-corrected chi connectivity index (χ3v) is 4.44. The van der Waals surface area contributed by atoms with Gasteiger partial charge in [0.15, 0.2) is 5.78 Å². The van der Waals surface area contributed by atoms with Crippen LogP contribution in [0.15, 0.2) is 60.7 Å². The van der Waals surface area contributed by atoms with E-state index in [1.807, 2.05) is 48.5 Å². The van der Waals surface area contributed by atoms with E-state index >= 15 is 0 Å². The minimum atomic E-state index is -0.427. The molecule has 0 fully saturated rings. The van der Waals surface area contributed by atoms with Gasteiger partial charge in [0.2, 0.25) is 0 Å². The Balaban J connectivity index is 2.17. The van der Waals surface area contributed by atoms with Crippen molar-refractivity contribution in [2.75, 3.05) is 0 Å². The lowest BCUT2D eigenvalue weighted by Gasteiger charge is -2.15. The van der Waals surface area contributed by atoms with E-state index in [1.54, 1.807) is 12.1 Å². The van der Waals surface area contributed by atoms with Gasteiger partial charge in [-0.05, 0) is 5.56 Å². The summed E-state index contributed by atoms with van der Waals surface area (Å²) < 4.78 is 0. The maximum Gasteiger partial charge on any atom is 0.178 e. The van der Waals surface area contributed by atoms with E-state index in [-0.39, 0.29) is 11.2 Å². The Labute approximate surface area is 120 Å². The fraction of sp³-hybridized carbons (Fsp3) is 0.133. The number of carbonyl (C=O) groups is 1. The topological polar surface area (TPSA) is 17.1 Å². The second-order valence-corrected chi connectivity index (χ2v) is 5.40. The summed E-state index contributed by atoms with van der Waals surface area (Å²) >= 11 is 9.73. The van der Waals surface area contributed by atoms with Gasteiger partial charge in [-0.25, -0.2) is 0 Å². The molecule has 0 bridgehead atoms. The van der Waals surface area contributed by atoms with Crippen molar-refractivity contribution in [3.63, 3.8) is 0 Å². The molecule has 0 heterocycles. The fourth-order valence-electron chi connectivity index (χ4n) is 1.70. The molecule has 92 valence electrons. The number of hydrogen-bond acceptors (Lipinski definition) is 1. The molecule has 0 N–H and O–H groups in total. The van der Waals surface area contributed by atoms with Crippen LogP contribution in [0, 0.1) is 0 Å². The van der Waals surface area contributed by atoms with Crippen LogP contribution >= 0.6 is 27.5 Å². The van der Waals surface area contributed by atoms with Gasteiger partial charge >= 0.3 is 0 Å². The molecule has 0 spiro atoms. The van der Waals surface area contributed by atoms with E-state index in [0.717, 1.165) is 5.56 Å². The second kappa shape index (κ2) is 6.17. The second-order valence-electron chi connectivity index (χ2n) is 3.94. The van der Waals surface area contributed by atoms with E-state index in [0.29, 0.717) is 5.56 Å². The number of Topliss-reactive ketones (excluding diaryl/α,β-unsaturated/α-hetero) is 1. The highest BCUT2D eigenvalue weighted by atomic mass is 79.9. The van der Waals surface area contributed by atoms with Crippen LogP contribution in [0.2, 0.25) is 0 Å². The van der Waals surface area contributed by atoms with Crippen LogP contribution in [0.3, 0.4) is 0 Å². The van der Waals surface area contributed by atoms with Gasteiger partial charge in [-0.3, -0.25) is 4.79 Å². The molecule has 0 aliphatic carbocycles. The lowest BCUT2D eigenvalue weighted by Crippen LogP contribution is -2.19. The van der Waals surface area contributed by atoms with Crippen molar-refractivity contribution in [3.8, 4) is 0 Å².